The lowest BCUT2D eigenvalue weighted by Gasteiger charge is -2.08. The fourth-order valence-corrected chi connectivity index (χ4v) is 4.18. The summed E-state index contributed by atoms with van der Waals surface area (Å²) >= 11 is 7.97. The van der Waals surface area contributed by atoms with Gasteiger partial charge in [-0.2, -0.15) is 0 Å². The van der Waals surface area contributed by atoms with Crippen molar-refractivity contribution < 1.29 is 13.9 Å². The van der Waals surface area contributed by atoms with Crippen molar-refractivity contribution in [2.24, 2.45) is 0 Å². The van der Waals surface area contributed by atoms with Crippen molar-refractivity contribution in [2.75, 3.05) is 7.11 Å². The van der Waals surface area contributed by atoms with Gasteiger partial charge in [-0.15, -0.1) is 0 Å². The molecule has 0 saturated carbocycles. The Bertz CT molecular complexity index is 1160. The first-order valence-electron chi connectivity index (χ1n) is 9.01. The Morgan fingerprint density at radius 1 is 1.17 bits per heavy atom. The molecule has 0 radical (unpaired) electrons. The molecule has 0 aliphatic rings. The van der Waals surface area contributed by atoms with Crippen LogP contribution in [0.3, 0.4) is 0 Å². The van der Waals surface area contributed by atoms with Crippen LogP contribution in [0, 0.1) is 5.82 Å². The van der Waals surface area contributed by atoms with Crippen LogP contribution in [0.25, 0.3) is 16.3 Å². The summed E-state index contributed by atoms with van der Waals surface area (Å²) in [5, 5.41) is 2.38. The quantitative estimate of drug-likeness (QED) is 0.340. The highest BCUT2D eigenvalue weighted by Crippen LogP contribution is 2.35. The summed E-state index contributed by atoms with van der Waals surface area (Å²) in [4.78, 5) is 4.52. The van der Waals surface area contributed by atoms with Crippen LogP contribution in [0.5, 0.6) is 16.6 Å². The molecule has 4 nitrogen and oxygen atoms in total. The van der Waals surface area contributed by atoms with Gasteiger partial charge in [0.25, 0.3) is 0 Å². The third kappa shape index (κ3) is 4.13. The largest absolute Gasteiger partial charge is 0.487 e. The molecule has 4 rings (SSSR count). The first-order chi connectivity index (χ1) is 14.1. The number of nitrogens with zero attached hydrogens (tertiary/aromatic N) is 2. The number of benzene rings is 2. The molecular weight excluding hydrogens is 411 g/mol. The van der Waals surface area contributed by atoms with E-state index in [4.69, 9.17) is 21.1 Å². The van der Waals surface area contributed by atoms with E-state index in [0.29, 0.717) is 16.5 Å². The van der Waals surface area contributed by atoms with E-state index in [1.165, 1.54) is 17.7 Å². The van der Waals surface area contributed by atoms with Crippen molar-refractivity contribution in [1.82, 2.24) is 9.55 Å². The number of hydrogen-bond acceptors (Lipinski definition) is 4. The van der Waals surface area contributed by atoms with Crippen LogP contribution < -0.4 is 9.47 Å². The van der Waals surface area contributed by atoms with Crippen molar-refractivity contribution in [3.63, 3.8) is 0 Å². The molecular formula is C22H18ClFN2O2S. The highest BCUT2D eigenvalue weighted by atomic mass is 35.5. The number of thiophene rings is 1. The summed E-state index contributed by atoms with van der Waals surface area (Å²) in [5.41, 5.74) is 2.85. The van der Waals surface area contributed by atoms with Gasteiger partial charge in [-0.25, -0.2) is 9.37 Å². The third-order valence-electron chi connectivity index (χ3n) is 4.41. The van der Waals surface area contributed by atoms with Gasteiger partial charge < -0.3 is 9.47 Å². The highest BCUT2D eigenvalue weighted by Gasteiger charge is 2.13. The topological polar surface area (TPSA) is 36.3 Å². The summed E-state index contributed by atoms with van der Waals surface area (Å²) < 4.78 is 26.4. The molecule has 0 unspecified atom stereocenters. The molecule has 0 aliphatic carbocycles. The minimum atomic E-state index is -0.363. The number of methoxy groups -OCH3 is 1. The van der Waals surface area contributed by atoms with Crippen LogP contribution in [0.1, 0.15) is 12.5 Å². The molecule has 0 bridgehead atoms. The minimum absolute atomic E-state index is 0.363. The molecule has 0 aliphatic heterocycles. The molecule has 148 valence electrons. The van der Waals surface area contributed by atoms with Crippen molar-refractivity contribution in [2.45, 2.75) is 13.3 Å². The number of rotatable bonds is 6. The predicted molar refractivity (Wildman–Crippen MR) is 114 cm³/mol. The average molecular weight is 429 g/mol. The van der Waals surface area contributed by atoms with Crippen LogP contribution >= 0.6 is 22.9 Å². The lowest BCUT2D eigenvalue weighted by molar-refractivity contribution is 0.427. The molecule has 4 aromatic rings. The minimum Gasteiger partial charge on any atom is -0.487 e. The number of aromatic nitrogens is 2. The second kappa shape index (κ2) is 8.27. The zero-order valence-corrected chi connectivity index (χ0v) is 17.4. The van der Waals surface area contributed by atoms with E-state index < -0.39 is 0 Å². The molecule has 0 spiro atoms. The van der Waals surface area contributed by atoms with Gasteiger partial charge in [0.15, 0.2) is 5.06 Å². The predicted octanol–water partition coefficient (Wildman–Crippen LogP) is 6.76. The van der Waals surface area contributed by atoms with Gasteiger partial charge in [0, 0.05) is 17.8 Å². The first-order valence-corrected chi connectivity index (χ1v) is 10.2. The number of imidazole rings is 1. The Hall–Kier alpha value is -2.83. The first kappa shape index (κ1) is 19.5. The normalized spacial score (nSPS) is 10.9. The fourth-order valence-electron chi connectivity index (χ4n) is 2.95. The summed E-state index contributed by atoms with van der Waals surface area (Å²) in [7, 11) is 1.67. The summed E-state index contributed by atoms with van der Waals surface area (Å²) in [5.74, 6) is 0.483. The maximum atomic E-state index is 13.3. The van der Waals surface area contributed by atoms with E-state index in [0.717, 1.165) is 27.7 Å². The van der Waals surface area contributed by atoms with E-state index in [1.807, 2.05) is 16.8 Å². The number of ether oxygens (including phenoxy) is 2. The van der Waals surface area contributed by atoms with Crippen LogP contribution in [0.2, 0.25) is 5.02 Å². The van der Waals surface area contributed by atoms with Gasteiger partial charge >= 0.3 is 0 Å². The third-order valence-corrected chi connectivity index (χ3v) is 5.86. The molecule has 0 N–H and O–H groups in total. The maximum Gasteiger partial charge on any atom is 0.175 e. The summed E-state index contributed by atoms with van der Waals surface area (Å²) in [6.45, 7) is 2.11. The van der Waals surface area contributed by atoms with E-state index in [1.54, 1.807) is 49.0 Å². The Balaban J connectivity index is 1.60. The lowest BCUT2D eigenvalue weighted by Crippen LogP contribution is -1.90. The van der Waals surface area contributed by atoms with E-state index in [2.05, 4.69) is 18.0 Å². The maximum absolute atomic E-state index is 13.3. The van der Waals surface area contributed by atoms with E-state index in [9.17, 15) is 4.39 Å². The van der Waals surface area contributed by atoms with Crippen LogP contribution in [0.15, 0.2) is 61.1 Å². The standard InChI is InChI=1S/C22H18ClFN2O2S/c1-3-14-10-21(27-2)29-22(14)26-12-19(25-13-26)15-7-8-20(18(23)9-15)28-17-6-4-5-16(24)11-17/h4-13H,3H2,1-2H3. The highest BCUT2D eigenvalue weighted by molar-refractivity contribution is 7.16. The van der Waals surface area contributed by atoms with Gasteiger partial charge in [0.05, 0.1) is 17.8 Å². The number of aryl methyl sites for hydroxylation is 1. The number of halogens is 2. The Labute approximate surface area is 177 Å². The second-order valence-corrected chi connectivity index (χ2v) is 7.72. The molecule has 0 amide bonds. The smallest absolute Gasteiger partial charge is 0.175 e. The average Bonchev–Trinajstić information content (AvgIpc) is 3.36. The van der Waals surface area contributed by atoms with Gasteiger partial charge in [-0.05, 0) is 48.4 Å². The van der Waals surface area contributed by atoms with E-state index >= 15 is 0 Å². The summed E-state index contributed by atoms with van der Waals surface area (Å²) in [6.07, 6.45) is 4.65. The molecule has 2 heterocycles. The van der Waals surface area contributed by atoms with Gasteiger partial charge in [-0.1, -0.05) is 35.9 Å². The fraction of sp³-hybridized carbons (Fsp3) is 0.136. The molecule has 2 aromatic heterocycles. The number of hydrogen-bond donors (Lipinski definition) is 0. The van der Waals surface area contributed by atoms with Crippen LogP contribution in [0.4, 0.5) is 4.39 Å². The molecule has 0 atom stereocenters. The summed E-state index contributed by atoms with van der Waals surface area (Å²) in [6, 6.07) is 13.4. The molecule has 2 aromatic carbocycles. The zero-order chi connectivity index (χ0) is 20.4. The van der Waals surface area contributed by atoms with Gasteiger partial charge in [-0.3, -0.25) is 4.57 Å². The van der Waals surface area contributed by atoms with Crippen LogP contribution in [-0.4, -0.2) is 16.7 Å². The molecule has 29 heavy (non-hydrogen) atoms. The zero-order valence-electron chi connectivity index (χ0n) is 15.9. The van der Waals surface area contributed by atoms with Crippen LogP contribution in [-0.2, 0) is 6.42 Å². The SMILES string of the molecule is CCc1cc(OC)sc1-n1cnc(-c2ccc(Oc3cccc(F)c3)c(Cl)c2)c1. The Kier molecular flexibility index (Phi) is 5.56. The molecule has 7 heteroatoms. The lowest BCUT2D eigenvalue weighted by atomic mass is 10.1. The Morgan fingerprint density at radius 2 is 2.03 bits per heavy atom. The van der Waals surface area contributed by atoms with Gasteiger partial charge in [0.1, 0.15) is 28.6 Å². The monoisotopic (exact) mass is 428 g/mol. The van der Waals surface area contributed by atoms with E-state index in [-0.39, 0.29) is 5.82 Å². The van der Waals surface area contributed by atoms with Crippen molar-refractivity contribution in [3.05, 3.63) is 77.5 Å². The molecule has 0 fully saturated rings. The van der Waals surface area contributed by atoms with Crippen molar-refractivity contribution in [1.29, 1.82) is 0 Å². The van der Waals surface area contributed by atoms with Crippen molar-refractivity contribution in [3.8, 4) is 32.8 Å². The van der Waals surface area contributed by atoms with Gasteiger partial charge in [0.2, 0.25) is 0 Å². The Morgan fingerprint density at radius 3 is 2.76 bits per heavy atom. The second-order valence-electron chi connectivity index (χ2n) is 6.32. The van der Waals surface area contributed by atoms with Crippen molar-refractivity contribution >= 4 is 22.9 Å². The molecule has 0 saturated heterocycles.